The van der Waals surface area contributed by atoms with Crippen LogP contribution in [-0.2, 0) is 4.79 Å². The van der Waals surface area contributed by atoms with Crippen molar-refractivity contribution in [1.82, 2.24) is 4.90 Å². The van der Waals surface area contributed by atoms with Gasteiger partial charge in [-0.25, -0.2) is 0 Å². The highest BCUT2D eigenvalue weighted by Crippen LogP contribution is 2.30. The predicted octanol–water partition coefficient (Wildman–Crippen LogP) is 3.66. The van der Waals surface area contributed by atoms with Crippen molar-refractivity contribution in [3.8, 4) is 0 Å². The molecule has 4 heteroatoms. The van der Waals surface area contributed by atoms with Crippen LogP contribution in [0.2, 0.25) is 0 Å². The smallest absolute Gasteiger partial charge is 0.227 e. The normalized spacial score (nSPS) is 16.2. The number of nitrogens with one attached hydrogen (secondary N) is 1. The van der Waals surface area contributed by atoms with Crippen molar-refractivity contribution >= 4 is 23.2 Å². The maximum Gasteiger partial charge on any atom is 0.227 e. The van der Waals surface area contributed by atoms with Crippen LogP contribution in [0.4, 0.5) is 5.69 Å². The average molecular weight is 295 g/mol. The van der Waals surface area contributed by atoms with Gasteiger partial charge in [-0.2, -0.15) is 0 Å². The number of rotatable bonds is 7. The second-order valence-corrected chi connectivity index (χ2v) is 5.87. The lowest BCUT2D eigenvalue weighted by Crippen LogP contribution is -2.26. The first-order valence-electron chi connectivity index (χ1n) is 7.41. The fraction of sp³-hybridized carbons (Fsp3) is 0.562. The van der Waals surface area contributed by atoms with Gasteiger partial charge in [-0.05, 0) is 43.6 Å². The molecule has 0 radical (unpaired) electrons. The SMILES string of the molecule is CCN(CC)CC(Cl)c1ccc(NC(=O)C2CC2)cc1. The zero-order chi connectivity index (χ0) is 14.5. The Labute approximate surface area is 126 Å². The monoisotopic (exact) mass is 294 g/mol. The summed E-state index contributed by atoms with van der Waals surface area (Å²) in [6, 6.07) is 7.88. The maximum absolute atomic E-state index is 11.7. The standard InChI is InChI=1S/C16H23ClN2O/c1-3-19(4-2)11-15(17)12-7-9-14(10-8-12)18-16(20)13-5-6-13/h7-10,13,15H,3-6,11H2,1-2H3,(H,18,20). The number of amides is 1. The van der Waals surface area contributed by atoms with Crippen molar-refractivity contribution in [1.29, 1.82) is 0 Å². The van der Waals surface area contributed by atoms with E-state index in [4.69, 9.17) is 11.6 Å². The Balaban J connectivity index is 1.91. The Hall–Kier alpha value is -1.06. The number of halogens is 1. The molecule has 1 aromatic rings. The van der Waals surface area contributed by atoms with E-state index in [0.29, 0.717) is 0 Å². The number of carbonyl (C=O) groups excluding carboxylic acids is 1. The summed E-state index contributed by atoms with van der Waals surface area (Å²) in [6.07, 6.45) is 2.05. The minimum Gasteiger partial charge on any atom is -0.326 e. The summed E-state index contributed by atoms with van der Waals surface area (Å²) >= 11 is 6.45. The van der Waals surface area contributed by atoms with E-state index in [2.05, 4.69) is 24.1 Å². The third-order valence-electron chi connectivity index (χ3n) is 3.80. The number of hydrogen-bond acceptors (Lipinski definition) is 2. The van der Waals surface area contributed by atoms with Gasteiger partial charge in [-0.3, -0.25) is 4.79 Å². The molecule has 0 aliphatic heterocycles. The van der Waals surface area contributed by atoms with Gasteiger partial charge in [0.2, 0.25) is 5.91 Å². The molecule has 1 atom stereocenters. The molecular formula is C16H23ClN2O. The summed E-state index contributed by atoms with van der Waals surface area (Å²) in [5.41, 5.74) is 1.96. The van der Waals surface area contributed by atoms with Gasteiger partial charge in [-0.1, -0.05) is 26.0 Å². The van der Waals surface area contributed by atoms with Crippen molar-refractivity contribution in [2.24, 2.45) is 5.92 Å². The first-order valence-corrected chi connectivity index (χ1v) is 7.85. The lowest BCUT2D eigenvalue weighted by atomic mass is 10.1. The van der Waals surface area contributed by atoms with E-state index in [0.717, 1.165) is 43.7 Å². The van der Waals surface area contributed by atoms with Crippen LogP contribution < -0.4 is 5.32 Å². The molecule has 1 aromatic carbocycles. The molecule has 0 spiro atoms. The number of alkyl halides is 1. The highest BCUT2D eigenvalue weighted by molar-refractivity contribution is 6.21. The first-order chi connectivity index (χ1) is 9.63. The van der Waals surface area contributed by atoms with E-state index in [1.54, 1.807) is 0 Å². The fourth-order valence-electron chi connectivity index (χ4n) is 2.18. The molecule has 0 saturated heterocycles. The highest BCUT2D eigenvalue weighted by atomic mass is 35.5. The largest absolute Gasteiger partial charge is 0.326 e. The fourth-order valence-corrected chi connectivity index (χ4v) is 2.52. The molecule has 1 unspecified atom stereocenters. The van der Waals surface area contributed by atoms with Crippen LogP contribution in [0.1, 0.15) is 37.6 Å². The maximum atomic E-state index is 11.7. The zero-order valence-electron chi connectivity index (χ0n) is 12.2. The summed E-state index contributed by atoms with van der Waals surface area (Å²) in [4.78, 5) is 14.0. The van der Waals surface area contributed by atoms with E-state index >= 15 is 0 Å². The predicted molar refractivity (Wildman–Crippen MR) is 84.2 cm³/mol. The molecule has 0 bridgehead atoms. The van der Waals surface area contributed by atoms with Crippen LogP contribution in [0.3, 0.4) is 0 Å². The number of anilines is 1. The topological polar surface area (TPSA) is 32.3 Å². The van der Waals surface area contributed by atoms with E-state index < -0.39 is 0 Å². The Bertz CT molecular complexity index is 438. The second kappa shape index (κ2) is 7.09. The van der Waals surface area contributed by atoms with E-state index in [-0.39, 0.29) is 17.2 Å². The van der Waals surface area contributed by atoms with Crippen LogP contribution in [0, 0.1) is 5.92 Å². The molecule has 3 nitrogen and oxygen atoms in total. The van der Waals surface area contributed by atoms with E-state index in [1.165, 1.54) is 0 Å². The third-order valence-corrected chi connectivity index (χ3v) is 4.19. The summed E-state index contributed by atoms with van der Waals surface area (Å²) in [7, 11) is 0. The summed E-state index contributed by atoms with van der Waals surface area (Å²) < 4.78 is 0. The molecule has 1 fully saturated rings. The third kappa shape index (κ3) is 4.22. The molecule has 1 amide bonds. The minimum atomic E-state index is -0.0110. The van der Waals surface area contributed by atoms with Gasteiger partial charge in [0.25, 0.3) is 0 Å². The number of benzene rings is 1. The Morgan fingerprint density at radius 1 is 1.30 bits per heavy atom. The molecule has 2 rings (SSSR count). The van der Waals surface area contributed by atoms with Crippen LogP contribution in [0.15, 0.2) is 24.3 Å². The molecule has 0 heterocycles. The van der Waals surface area contributed by atoms with Gasteiger partial charge < -0.3 is 10.2 Å². The average Bonchev–Trinajstić information content (AvgIpc) is 3.29. The highest BCUT2D eigenvalue weighted by Gasteiger charge is 2.29. The van der Waals surface area contributed by atoms with Crippen LogP contribution in [-0.4, -0.2) is 30.4 Å². The summed E-state index contributed by atoms with van der Waals surface area (Å²) in [5.74, 6) is 0.376. The number of likely N-dealkylation sites (N-methyl/N-ethyl adjacent to an activating group) is 1. The molecule has 1 aliphatic rings. The molecule has 110 valence electrons. The molecule has 1 aliphatic carbocycles. The van der Waals surface area contributed by atoms with Crippen molar-refractivity contribution in [2.75, 3.05) is 25.0 Å². The van der Waals surface area contributed by atoms with Crippen molar-refractivity contribution < 1.29 is 4.79 Å². The Kier molecular flexibility index (Phi) is 5.44. The molecule has 20 heavy (non-hydrogen) atoms. The second-order valence-electron chi connectivity index (χ2n) is 5.34. The van der Waals surface area contributed by atoms with E-state index in [9.17, 15) is 4.79 Å². The zero-order valence-corrected chi connectivity index (χ0v) is 13.0. The lowest BCUT2D eigenvalue weighted by Gasteiger charge is -2.21. The van der Waals surface area contributed by atoms with Crippen LogP contribution in [0.25, 0.3) is 0 Å². The molecule has 0 aromatic heterocycles. The van der Waals surface area contributed by atoms with Crippen molar-refractivity contribution in [3.63, 3.8) is 0 Å². The quantitative estimate of drug-likeness (QED) is 0.779. The molecular weight excluding hydrogens is 272 g/mol. The summed E-state index contributed by atoms with van der Waals surface area (Å²) in [5, 5.41) is 2.93. The number of carbonyl (C=O) groups is 1. The van der Waals surface area contributed by atoms with Crippen molar-refractivity contribution in [2.45, 2.75) is 32.1 Å². The first kappa shape index (κ1) is 15.3. The Morgan fingerprint density at radius 3 is 2.40 bits per heavy atom. The number of hydrogen-bond donors (Lipinski definition) is 1. The molecule has 1 saturated carbocycles. The van der Waals surface area contributed by atoms with Gasteiger partial charge in [0.15, 0.2) is 0 Å². The van der Waals surface area contributed by atoms with Crippen LogP contribution >= 0.6 is 11.6 Å². The van der Waals surface area contributed by atoms with Crippen LogP contribution in [0.5, 0.6) is 0 Å². The van der Waals surface area contributed by atoms with Crippen molar-refractivity contribution in [3.05, 3.63) is 29.8 Å². The van der Waals surface area contributed by atoms with Gasteiger partial charge in [0.1, 0.15) is 0 Å². The number of nitrogens with zero attached hydrogens (tertiary/aromatic N) is 1. The van der Waals surface area contributed by atoms with Gasteiger partial charge in [0.05, 0.1) is 5.38 Å². The van der Waals surface area contributed by atoms with Gasteiger partial charge in [0, 0.05) is 18.2 Å². The Morgan fingerprint density at radius 2 is 1.90 bits per heavy atom. The van der Waals surface area contributed by atoms with E-state index in [1.807, 2.05) is 24.3 Å². The minimum absolute atomic E-state index is 0.0110. The lowest BCUT2D eigenvalue weighted by molar-refractivity contribution is -0.117. The summed E-state index contributed by atoms with van der Waals surface area (Å²) in [6.45, 7) is 7.15. The molecule has 1 N–H and O–H groups in total. The van der Waals surface area contributed by atoms with Gasteiger partial charge >= 0.3 is 0 Å². The van der Waals surface area contributed by atoms with Gasteiger partial charge in [-0.15, -0.1) is 11.6 Å².